The van der Waals surface area contributed by atoms with Crippen LogP contribution in [0.2, 0.25) is 0 Å². The van der Waals surface area contributed by atoms with E-state index in [-0.39, 0.29) is 12.2 Å². The van der Waals surface area contributed by atoms with Crippen molar-refractivity contribution in [3.8, 4) is 0 Å². The summed E-state index contributed by atoms with van der Waals surface area (Å²) in [6.45, 7) is 1.75. The monoisotopic (exact) mass is 306 g/mol. The Morgan fingerprint density at radius 2 is 1.64 bits per heavy atom. The van der Waals surface area contributed by atoms with Crippen LogP contribution in [0, 0.1) is 0 Å². The summed E-state index contributed by atoms with van der Waals surface area (Å²) in [5, 5.41) is 3.65. The largest absolute Gasteiger partial charge is 0.416 e. The second-order valence-corrected chi connectivity index (χ2v) is 4.64. The zero-order valence-corrected chi connectivity index (χ0v) is 12.0. The Bertz CT molecular complexity index is 650. The Morgan fingerprint density at radius 3 is 2.32 bits per heavy atom. The lowest BCUT2D eigenvalue weighted by Crippen LogP contribution is -2.09. The Morgan fingerprint density at radius 1 is 1.00 bits per heavy atom. The van der Waals surface area contributed by atoms with Gasteiger partial charge >= 0.3 is 6.18 Å². The molecule has 0 unspecified atom stereocenters. The van der Waals surface area contributed by atoms with Crippen molar-refractivity contribution in [1.82, 2.24) is 0 Å². The molecule has 0 aromatic heterocycles. The van der Waals surface area contributed by atoms with Crippen LogP contribution in [0.1, 0.15) is 29.2 Å². The molecule has 0 amide bonds. The van der Waals surface area contributed by atoms with E-state index < -0.39 is 11.7 Å². The first-order valence-corrected chi connectivity index (χ1v) is 6.83. The number of aryl methyl sites for hydroxylation is 1. The van der Waals surface area contributed by atoms with Crippen molar-refractivity contribution in [2.45, 2.75) is 26.1 Å². The Hall–Kier alpha value is -2.30. The van der Waals surface area contributed by atoms with E-state index in [1.807, 2.05) is 31.2 Å². The average Bonchev–Trinajstić information content (AvgIpc) is 2.51. The third kappa shape index (κ3) is 4.10. The van der Waals surface area contributed by atoms with Gasteiger partial charge in [-0.1, -0.05) is 54.5 Å². The zero-order valence-electron chi connectivity index (χ0n) is 12.0. The zero-order chi connectivity index (χ0) is 16.0. The van der Waals surface area contributed by atoms with Gasteiger partial charge in [0.05, 0.1) is 5.56 Å². The number of benzene rings is 2. The summed E-state index contributed by atoms with van der Waals surface area (Å²) in [5.41, 5.74) is 1.16. The van der Waals surface area contributed by atoms with Crippen LogP contribution in [0.4, 0.5) is 13.2 Å². The minimum absolute atomic E-state index is 0.0457. The van der Waals surface area contributed by atoms with E-state index in [2.05, 4.69) is 11.4 Å². The quantitative estimate of drug-likeness (QED) is 0.580. The molecule has 2 aromatic carbocycles. The lowest BCUT2D eigenvalue weighted by molar-refractivity contribution is -0.138. The number of hydrogen-bond donors (Lipinski definition) is 0. The van der Waals surface area contributed by atoms with Gasteiger partial charge in [0.15, 0.2) is 0 Å². The number of alkyl halides is 3. The fourth-order valence-corrected chi connectivity index (χ4v) is 2.04. The Kier molecular flexibility index (Phi) is 5.20. The van der Waals surface area contributed by atoms with Gasteiger partial charge in [0.2, 0.25) is 0 Å². The second kappa shape index (κ2) is 7.11. The highest BCUT2D eigenvalue weighted by molar-refractivity contribution is 5.81. The van der Waals surface area contributed by atoms with E-state index in [9.17, 15) is 13.2 Å². The van der Waals surface area contributed by atoms with Gasteiger partial charge < -0.3 is 4.84 Å². The molecule has 0 saturated heterocycles. The van der Waals surface area contributed by atoms with Gasteiger partial charge in [0.25, 0.3) is 0 Å². The van der Waals surface area contributed by atoms with E-state index in [1.54, 1.807) is 0 Å². The van der Waals surface area contributed by atoms with Crippen LogP contribution in [0.25, 0.3) is 0 Å². The maximum Gasteiger partial charge on any atom is 0.416 e. The summed E-state index contributed by atoms with van der Waals surface area (Å²) >= 11 is 0. The highest BCUT2D eigenvalue weighted by atomic mass is 19.4. The van der Waals surface area contributed by atoms with Gasteiger partial charge in [-0.25, -0.2) is 0 Å². The molecule has 22 heavy (non-hydrogen) atoms. The van der Waals surface area contributed by atoms with Gasteiger partial charge in [-0.2, -0.15) is 13.2 Å². The summed E-state index contributed by atoms with van der Waals surface area (Å²) < 4.78 is 38.5. The molecule has 0 spiro atoms. The molecule has 115 valence electrons. The third-order valence-electron chi connectivity index (χ3n) is 3.17. The second-order valence-electron chi connectivity index (χ2n) is 4.64. The molecule has 2 aromatic rings. The molecule has 0 N–H and O–H groups in total. The van der Waals surface area contributed by atoms with Crippen LogP contribution in [0.3, 0.4) is 0 Å². The van der Waals surface area contributed by atoms with Gasteiger partial charge in [0.1, 0.15) is 12.8 Å². The number of halogens is 3. The van der Waals surface area contributed by atoms with Gasteiger partial charge in [-0.3, -0.25) is 0 Å². The molecule has 5 heteroatoms. The lowest BCUT2D eigenvalue weighted by atomic mass is 10.1. The first kappa shape index (κ1) is 16.1. The molecule has 1 radical (unpaired) electrons. The highest BCUT2D eigenvalue weighted by Crippen LogP contribution is 2.32. The summed E-state index contributed by atoms with van der Waals surface area (Å²) in [6.07, 6.45) is -0.871. The molecule has 0 aliphatic carbocycles. The molecule has 0 atom stereocenters. The Balaban J connectivity index is 2.04. The van der Waals surface area contributed by atoms with Gasteiger partial charge in [-0.05, 0) is 18.1 Å². The van der Waals surface area contributed by atoms with Crippen molar-refractivity contribution in [1.29, 1.82) is 0 Å². The van der Waals surface area contributed by atoms with Crippen LogP contribution in [0.5, 0.6) is 0 Å². The highest BCUT2D eigenvalue weighted by Gasteiger charge is 2.32. The lowest BCUT2D eigenvalue weighted by Gasteiger charge is -2.11. The van der Waals surface area contributed by atoms with E-state index in [0.29, 0.717) is 0 Å². The average molecular weight is 306 g/mol. The van der Waals surface area contributed by atoms with Crippen LogP contribution in [-0.4, -0.2) is 6.21 Å². The summed E-state index contributed by atoms with van der Waals surface area (Å²) in [4.78, 5) is 4.97. The smallest absolute Gasteiger partial charge is 0.390 e. The number of rotatable bonds is 5. The topological polar surface area (TPSA) is 21.6 Å². The van der Waals surface area contributed by atoms with Crippen LogP contribution >= 0.6 is 0 Å². The first-order valence-electron chi connectivity index (χ1n) is 6.83. The van der Waals surface area contributed by atoms with E-state index >= 15 is 0 Å². The molecule has 0 aliphatic heterocycles. The summed E-state index contributed by atoms with van der Waals surface area (Å²) in [7, 11) is 0. The first-order chi connectivity index (χ1) is 10.5. The standard InChI is InChI=1S/C17H15F3NO/c1-2-13-7-3-4-8-14(13)11-21-22-12-15-9-5-6-10-16(15)17(18,19)20/h3-10H,2,12H2,1H3. The maximum absolute atomic E-state index is 12.8. The van der Waals surface area contributed by atoms with Crippen molar-refractivity contribution in [3.05, 3.63) is 70.8 Å². The molecule has 2 nitrogen and oxygen atoms in total. The minimum atomic E-state index is -4.40. The SMILES string of the molecule is CCc1ccccc1/[C]=N\OCc1ccccc1C(F)(F)F. The van der Waals surface area contributed by atoms with E-state index in [0.717, 1.165) is 23.6 Å². The van der Waals surface area contributed by atoms with Crippen LogP contribution in [0.15, 0.2) is 53.7 Å². The fraction of sp³-hybridized carbons (Fsp3) is 0.235. The molecule has 0 saturated carbocycles. The summed E-state index contributed by atoms with van der Waals surface area (Å²) in [6, 6.07) is 12.8. The van der Waals surface area contributed by atoms with Crippen molar-refractivity contribution < 1.29 is 18.0 Å². The van der Waals surface area contributed by atoms with Crippen LogP contribution < -0.4 is 0 Å². The predicted molar refractivity (Wildman–Crippen MR) is 78.6 cm³/mol. The summed E-state index contributed by atoms with van der Waals surface area (Å²) in [5.74, 6) is 0. The Labute approximate surface area is 127 Å². The molecule has 0 fully saturated rings. The molecule has 0 bridgehead atoms. The molecule has 0 aliphatic rings. The van der Waals surface area contributed by atoms with Gasteiger partial charge in [-0.15, -0.1) is 0 Å². The van der Waals surface area contributed by atoms with E-state index in [4.69, 9.17) is 4.84 Å². The fourth-order valence-electron chi connectivity index (χ4n) is 2.04. The minimum Gasteiger partial charge on any atom is -0.390 e. The normalized spacial score (nSPS) is 11.8. The number of hydrogen-bond acceptors (Lipinski definition) is 2. The van der Waals surface area contributed by atoms with Gasteiger partial charge in [0, 0.05) is 11.1 Å². The molecule has 0 heterocycles. The predicted octanol–water partition coefficient (Wildman–Crippen LogP) is 4.70. The molecular weight excluding hydrogens is 291 g/mol. The third-order valence-corrected chi connectivity index (χ3v) is 3.17. The molecular formula is C17H15F3NO. The van der Waals surface area contributed by atoms with Crippen molar-refractivity contribution in [3.63, 3.8) is 0 Å². The van der Waals surface area contributed by atoms with Crippen LogP contribution in [-0.2, 0) is 24.0 Å². The van der Waals surface area contributed by atoms with Crippen molar-refractivity contribution in [2.75, 3.05) is 0 Å². The molecule has 2 rings (SSSR count). The van der Waals surface area contributed by atoms with Crippen molar-refractivity contribution in [2.24, 2.45) is 5.16 Å². The van der Waals surface area contributed by atoms with E-state index in [1.165, 1.54) is 18.2 Å². The van der Waals surface area contributed by atoms with Crippen molar-refractivity contribution >= 4 is 6.21 Å². The maximum atomic E-state index is 12.8. The number of nitrogens with zero attached hydrogens (tertiary/aromatic N) is 1.